The van der Waals surface area contributed by atoms with Crippen LogP contribution < -0.4 is 0 Å². The summed E-state index contributed by atoms with van der Waals surface area (Å²) in [5, 5.41) is 0. The molecule has 2 nitrogen and oxygen atoms in total. The zero-order valence-corrected chi connectivity index (χ0v) is 14.3. The van der Waals surface area contributed by atoms with Gasteiger partial charge in [-0.05, 0) is 38.5 Å². The van der Waals surface area contributed by atoms with Crippen molar-refractivity contribution in [1.82, 2.24) is 0 Å². The van der Waals surface area contributed by atoms with Crippen LogP contribution in [0.4, 0.5) is 0 Å². The molecule has 0 aromatic heterocycles. The maximum atomic E-state index is 5.19. The molecule has 0 saturated heterocycles. The van der Waals surface area contributed by atoms with E-state index in [1.807, 2.05) is 0 Å². The molecule has 0 amide bonds. The van der Waals surface area contributed by atoms with Gasteiger partial charge in [0.25, 0.3) is 0 Å². The Morgan fingerprint density at radius 1 is 0.842 bits per heavy atom. The Balaban J connectivity index is -0.000000482. The van der Waals surface area contributed by atoms with Gasteiger partial charge in [-0.15, -0.1) is 0 Å². The molecular formula is C16H32MgO2. The smallest absolute Gasteiger partial charge is 1.00 e. The van der Waals surface area contributed by atoms with E-state index in [9.17, 15) is 0 Å². The topological polar surface area (TPSA) is 18.5 Å². The van der Waals surface area contributed by atoms with Crippen LogP contribution in [0.25, 0.3) is 0 Å². The summed E-state index contributed by atoms with van der Waals surface area (Å²) in [6.07, 6.45) is 19.0. The van der Waals surface area contributed by atoms with E-state index in [0.717, 1.165) is 13.0 Å². The molecule has 0 aliphatic carbocycles. The quantitative estimate of drug-likeness (QED) is 0.211. The van der Waals surface area contributed by atoms with Crippen molar-refractivity contribution in [3.05, 3.63) is 24.3 Å². The van der Waals surface area contributed by atoms with Gasteiger partial charge in [0.2, 0.25) is 0 Å². The summed E-state index contributed by atoms with van der Waals surface area (Å²) in [6, 6.07) is 0. The molecule has 0 aliphatic heterocycles. The van der Waals surface area contributed by atoms with Gasteiger partial charge in [-0.25, -0.2) is 0 Å². The van der Waals surface area contributed by atoms with Crippen LogP contribution in [0, 0.1) is 0 Å². The molecule has 3 heteroatoms. The zero-order chi connectivity index (χ0) is 13.3. The first-order valence-corrected chi connectivity index (χ1v) is 7.28. The Morgan fingerprint density at radius 3 is 2.00 bits per heavy atom. The summed E-state index contributed by atoms with van der Waals surface area (Å²) in [4.78, 5) is 0. The van der Waals surface area contributed by atoms with Crippen LogP contribution in [-0.2, 0) is 9.47 Å². The summed E-state index contributed by atoms with van der Waals surface area (Å²) in [5.41, 5.74) is 0. The molecule has 0 aromatic rings. The summed E-state index contributed by atoms with van der Waals surface area (Å²) < 4.78 is 9.98. The maximum Gasteiger partial charge on any atom is 2.00 e. The van der Waals surface area contributed by atoms with E-state index in [1.165, 1.54) is 44.9 Å². The predicted molar refractivity (Wildman–Crippen MR) is 86.7 cm³/mol. The van der Waals surface area contributed by atoms with Crippen molar-refractivity contribution in [2.24, 2.45) is 0 Å². The van der Waals surface area contributed by atoms with Gasteiger partial charge in [-0.3, -0.25) is 0 Å². The Labute approximate surface area is 138 Å². The van der Waals surface area contributed by atoms with Gasteiger partial charge >= 0.3 is 23.1 Å². The largest absolute Gasteiger partial charge is 2.00 e. The SMILES string of the molecule is CCCCC/C=C\CCC/C=C/CCOCOC.[H-].[H-].[Mg+2]. The van der Waals surface area contributed by atoms with Crippen LogP contribution >= 0.6 is 0 Å². The van der Waals surface area contributed by atoms with E-state index in [4.69, 9.17) is 9.47 Å². The first kappa shape index (κ1) is 21.5. The number of rotatable bonds is 13. The summed E-state index contributed by atoms with van der Waals surface area (Å²) in [5.74, 6) is 0. The van der Waals surface area contributed by atoms with Gasteiger partial charge in [0, 0.05) is 7.11 Å². The monoisotopic (exact) mass is 280 g/mol. The Kier molecular flexibility index (Phi) is 23.1. The van der Waals surface area contributed by atoms with Gasteiger partial charge in [-0.2, -0.15) is 0 Å². The molecule has 0 fully saturated rings. The Hall–Kier alpha value is 0.166. The van der Waals surface area contributed by atoms with Crippen molar-refractivity contribution in [3.63, 3.8) is 0 Å². The Bertz CT molecular complexity index is 212. The van der Waals surface area contributed by atoms with E-state index in [2.05, 4.69) is 31.2 Å². The fourth-order valence-corrected chi connectivity index (χ4v) is 1.63. The molecule has 0 bridgehead atoms. The predicted octanol–water partition coefficient (Wildman–Crippen LogP) is 4.70. The first-order chi connectivity index (χ1) is 8.91. The minimum Gasteiger partial charge on any atom is -1.00 e. The fraction of sp³-hybridized carbons (Fsp3) is 0.750. The van der Waals surface area contributed by atoms with Crippen LogP contribution in [0.3, 0.4) is 0 Å². The van der Waals surface area contributed by atoms with Crippen LogP contribution in [-0.4, -0.2) is 43.6 Å². The van der Waals surface area contributed by atoms with Crippen molar-refractivity contribution in [2.45, 2.75) is 58.3 Å². The summed E-state index contributed by atoms with van der Waals surface area (Å²) >= 11 is 0. The minimum absolute atomic E-state index is 0. The molecule has 0 aliphatic rings. The molecule has 0 N–H and O–H groups in total. The second kappa shape index (κ2) is 20.5. The number of hydrogen-bond donors (Lipinski definition) is 0. The normalized spacial score (nSPS) is 11.3. The molecule has 0 atom stereocenters. The molecule has 0 aromatic carbocycles. The number of unbranched alkanes of at least 4 members (excludes halogenated alkanes) is 5. The van der Waals surface area contributed by atoms with Crippen LogP contribution in [0.1, 0.15) is 61.1 Å². The second-order valence-electron chi connectivity index (χ2n) is 4.47. The number of ether oxygens (including phenoxy) is 2. The van der Waals surface area contributed by atoms with Crippen LogP contribution in [0.15, 0.2) is 24.3 Å². The van der Waals surface area contributed by atoms with E-state index in [-0.39, 0.29) is 25.9 Å². The third-order valence-corrected chi connectivity index (χ3v) is 2.68. The molecule has 0 spiro atoms. The van der Waals surface area contributed by atoms with E-state index in [1.54, 1.807) is 7.11 Å². The second-order valence-corrected chi connectivity index (χ2v) is 4.47. The molecule has 0 heterocycles. The number of hydrogen-bond acceptors (Lipinski definition) is 2. The minimum atomic E-state index is 0. The maximum absolute atomic E-state index is 5.19. The van der Waals surface area contributed by atoms with E-state index < -0.39 is 0 Å². The third-order valence-electron chi connectivity index (χ3n) is 2.68. The van der Waals surface area contributed by atoms with Gasteiger partial charge < -0.3 is 12.3 Å². The number of methoxy groups -OCH3 is 1. The van der Waals surface area contributed by atoms with E-state index in [0.29, 0.717) is 6.79 Å². The van der Waals surface area contributed by atoms with Crippen molar-refractivity contribution < 1.29 is 12.3 Å². The van der Waals surface area contributed by atoms with Crippen molar-refractivity contribution in [2.75, 3.05) is 20.5 Å². The summed E-state index contributed by atoms with van der Waals surface area (Å²) in [6.45, 7) is 3.40. The van der Waals surface area contributed by atoms with Crippen molar-refractivity contribution in [3.8, 4) is 0 Å². The molecule has 0 saturated carbocycles. The summed E-state index contributed by atoms with van der Waals surface area (Å²) in [7, 11) is 1.64. The average molecular weight is 281 g/mol. The fourth-order valence-electron chi connectivity index (χ4n) is 1.63. The molecule has 0 rings (SSSR count). The van der Waals surface area contributed by atoms with Gasteiger partial charge in [0.15, 0.2) is 0 Å². The van der Waals surface area contributed by atoms with Gasteiger partial charge in [0.1, 0.15) is 6.79 Å². The molecule has 110 valence electrons. The molecular weight excluding hydrogens is 248 g/mol. The standard InChI is InChI=1S/C16H30O2.Mg.2H/c1-3-4-5-6-7-8-9-10-11-12-13-14-15-18-16-17-2;;;/h7-8,12-13H,3-6,9-11,14-16H2,1-2H3;;;/q;+2;2*-1/b8-7-,13-12+;;;. The Morgan fingerprint density at radius 2 is 1.42 bits per heavy atom. The molecule has 0 radical (unpaired) electrons. The molecule has 19 heavy (non-hydrogen) atoms. The van der Waals surface area contributed by atoms with Gasteiger partial charge in [-0.1, -0.05) is 44.1 Å². The van der Waals surface area contributed by atoms with Crippen LogP contribution in [0.5, 0.6) is 0 Å². The van der Waals surface area contributed by atoms with Crippen molar-refractivity contribution in [1.29, 1.82) is 0 Å². The average Bonchev–Trinajstić information content (AvgIpc) is 2.39. The first-order valence-electron chi connectivity index (χ1n) is 7.28. The van der Waals surface area contributed by atoms with Crippen LogP contribution in [0.2, 0.25) is 0 Å². The third kappa shape index (κ3) is 20.6. The number of allylic oxidation sites excluding steroid dienone is 3. The zero-order valence-electron chi connectivity index (χ0n) is 14.9. The van der Waals surface area contributed by atoms with Gasteiger partial charge in [0.05, 0.1) is 6.61 Å². The van der Waals surface area contributed by atoms with E-state index >= 15 is 0 Å². The molecule has 0 unspecified atom stereocenters. The van der Waals surface area contributed by atoms with Crippen molar-refractivity contribution >= 4 is 23.1 Å².